The Bertz CT molecular complexity index is 686. The average Bonchev–Trinajstić information content (AvgIpc) is 2.46. The third-order valence-corrected chi connectivity index (χ3v) is 3.49. The molecule has 0 spiro atoms. The molecular formula is C19H22N2O2. The molecule has 0 saturated carbocycles. The van der Waals surface area contributed by atoms with E-state index >= 15 is 0 Å². The van der Waals surface area contributed by atoms with E-state index in [1.807, 2.05) is 63.2 Å². The van der Waals surface area contributed by atoms with Crippen LogP contribution in [0.3, 0.4) is 0 Å². The summed E-state index contributed by atoms with van der Waals surface area (Å²) in [5.74, 6) is 0.0247. The van der Waals surface area contributed by atoms with Crippen LogP contribution in [-0.4, -0.2) is 18.4 Å². The molecule has 0 aliphatic carbocycles. The van der Waals surface area contributed by atoms with E-state index in [4.69, 9.17) is 0 Å². The zero-order chi connectivity index (χ0) is 16.8. The number of amides is 2. The highest BCUT2D eigenvalue weighted by atomic mass is 16.2. The first-order chi connectivity index (χ1) is 10.9. The first-order valence-corrected chi connectivity index (χ1v) is 7.67. The zero-order valence-corrected chi connectivity index (χ0v) is 13.8. The van der Waals surface area contributed by atoms with Crippen molar-refractivity contribution in [2.45, 2.75) is 27.2 Å². The number of hydrogen-bond donors (Lipinski definition) is 2. The van der Waals surface area contributed by atoms with Crippen molar-refractivity contribution in [1.82, 2.24) is 5.32 Å². The maximum Gasteiger partial charge on any atom is 0.319 e. The van der Waals surface area contributed by atoms with Crippen molar-refractivity contribution in [3.05, 3.63) is 64.7 Å². The fraction of sp³-hybridized carbons (Fsp3) is 0.263. The summed E-state index contributed by atoms with van der Waals surface area (Å²) in [6.07, 6.45) is 0.281. The number of carbonyl (C=O) groups excluding carboxylic acids is 2. The van der Waals surface area contributed by atoms with Crippen molar-refractivity contribution in [3.8, 4) is 0 Å². The quantitative estimate of drug-likeness (QED) is 0.820. The Kier molecular flexibility index (Phi) is 5.52. The standard InChI is InChI=1S/C19H22N2O2/c1-13-4-6-16(7-5-13)18(22)8-9-20-19(23)21-17-11-14(2)10-15(3)12-17/h4-7,10-12H,8-9H2,1-3H3,(H2,20,21,23). The Hall–Kier alpha value is -2.62. The Morgan fingerprint density at radius 3 is 2.09 bits per heavy atom. The second kappa shape index (κ2) is 7.58. The number of hydrogen-bond acceptors (Lipinski definition) is 2. The van der Waals surface area contributed by atoms with Crippen LogP contribution in [0, 0.1) is 20.8 Å². The molecule has 0 heterocycles. The number of carbonyl (C=O) groups is 2. The van der Waals surface area contributed by atoms with Gasteiger partial charge in [0.2, 0.25) is 0 Å². The number of Topliss-reactive ketones (excluding diaryl/α,β-unsaturated/α-hetero) is 1. The number of aryl methyl sites for hydroxylation is 3. The Labute approximate surface area is 136 Å². The largest absolute Gasteiger partial charge is 0.337 e. The highest BCUT2D eigenvalue weighted by molar-refractivity contribution is 5.96. The number of urea groups is 1. The summed E-state index contributed by atoms with van der Waals surface area (Å²) in [7, 11) is 0. The topological polar surface area (TPSA) is 58.2 Å². The summed E-state index contributed by atoms with van der Waals surface area (Å²) in [6, 6.07) is 13.0. The van der Waals surface area contributed by atoms with Crippen molar-refractivity contribution in [2.24, 2.45) is 0 Å². The molecule has 0 aliphatic heterocycles. The van der Waals surface area contributed by atoms with Gasteiger partial charge in [0.15, 0.2) is 5.78 Å². The van der Waals surface area contributed by atoms with E-state index in [0.717, 1.165) is 22.4 Å². The smallest absolute Gasteiger partial charge is 0.319 e. The van der Waals surface area contributed by atoms with Crippen molar-refractivity contribution >= 4 is 17.5 Å². The number of benzene rings is 2. The molecule has 0 bridgehead atoms. The van der Waals surface area contributed by atoms with Gasteiger partial charge in [0.25, 0.3) is 0 Å². The van der Waals surface area contributed by atoms with Gasteiger partial charge in [-0.2, -0.15) is 0 Å². The number of ketones is 1. The summed E-state index contributed by atoms with van der Waals surface area (Å²) in [5.41, 5.74) is 4.73. The first-order valence-electron chi connectivity index (χ1n) is 7.67. The van der Waals surface area contributed by atoms with Gasteiger partial charge in [-0.3, -0.25) is 4.79 Å². The molecule has 4 nitrogen and oxygen atoms in total. The maximum absolute atomic E-state index is 12.0. The molecule has 0 atom stereocenters. The van der Waals surface area contributed by atoms with E-state index in [0.29, 0.717) is 12.1 Å². The third kappa shape index (κ3) is 5.25. The van der Waals surface area contributed by atoms with Crippen LogP contribution in [0.2, 0.25) is 0 Å². The molecule has 0 radical (unpaired) electrons. The van der Waals surface area contributed by atoms with Crippen LogP contribution in [0.15, 0.2) is 42.5 Å². The Balaban J connectivity index is 1.80. The summed E-state index contributed by atoms with van der Waals surface area (Å²) < 4.78 is 0. The summed E-state index contributed by atoms with van der Waals surface area (Å²) in [6.45, 7) is 6.25. The van der Waals surface area contributed by atoms with Crippen LogP contribution in [0.25, 0.3) is 0 Å². The minimum absolute atomic E-state index is 0.0247. The summed E-state index contributed by atoms with van der Waals surface area (Å²) in [4.78, 5) is 23.9. The van der Waals surface area contributed by atoms with Crippen LogP contribution < -0.4 is 10.6 Å². The highest BCUT2D eigenvalue weighted by Crippen LogP contribution is 2.13. The van der Waals surface area contributed by atoms with E-state index in [-0.39, 0.29) is 18.2 Å². The summed E-state index contributed by atoms with van der Waals surface area (Å²) in [5, 5.41) is 5.49. The van der Waals surface area contributed by atoms with E-state index in [9.17, 15) is 9.59 Å². The third-order valence-electron chi connectivity index (χ3n) is 3.49. The fourth-order valence-corrected chi connectivity index (χ4v) is 2.40. The number of nitrogens with one attached hydrogen (secondary N) is 2. The number of anilines is 1. The molecule has 0 unspecified atom stereocenters. The van der Waals surface area contributed by atoms with Gasteiger partial charge < -0.3 is 10.6 Å². The predicted molar refractivity (Wildman–Crippen MR) is 93.1 cm³/mol. The monoisotopic (exact) mass is 310 g/mol. The molecule has 2 N–H and O–H groups in total. The Morgan fingerprint density at radius 1 is 0.870 bits per heavy atom. The van der Waals surface area contributed by atoms with E-state index in [1.165, 1.54) is 0 Å². The van der Waals surface area contributed by atoms with Gasteiger partial charge in [0, 0.05) is 24.2 Å². The molecular weight excluding hydrogens is 288 g/mol. The van der Waals surface area contributed by atoms with E-state index < -0.39 is 0 Å². The van der Waals surface area contributed by atoms with Gasteiger partial charge in [-0.1, -0.05) is 35.9 Å². The average molecular weight is 310 g/mol. The van der Waals surface area contributed by atoms with E-state index in [2.05, 4.69) is 10.6 Å². The first kappa shape index (κ1) is 16.7. The highest BCUT2D eigenvalue weighted by Gasteiger charge is 2.07. The Morgan fingerprint density at radius 2 is 1.48 bits per heavy atom. The normalized spacial score (nSPS) is 10.2. The molecule has 23 heavy (non-hydrogen) atoms. The molecule has 2 rings (SSSR count). The molecule has 0 aliphatic rings. The molecule has 120 valence electrons. The lowest BCUT2D eigenvalue weighted by atomic mass is 10.1. The van der Waals surface area contributed by atoms with Crippen molar-refractivity contribution in [3.63, 3.8) is 0 Å². The van der Waals surface area contributed by atoms with Gasteiger partial charge in [0.1, 0.15) is 0 Å². The van der Waals surface area contributed by atoms with Gasteiger partial charge >= 0.3 is 6.03 Å². The fourth-order valence-electron chi connectivity index (χ4n) is 2.40. The predicted octanol–water partition coefficient (Wildman–Crippen LogP) is 4.01. The zero-order valence-electron chi connectivity index (χ0n) is 13.8. The van der Waals surface area contributed by atoms with E-state index in [1.54, 1.807) is 0 Å². The van der Waals surface area contributed by atoms with Crippen LogP contribution in [0.5, 0.6) is 0 Å². The molecule has 0 aromatic heterocycles. The molecule has 0 fully saturated rings. The van der Waals surface area contributed by atoms with Crippen LogP contribution in [0.4, 0.5) is 10.5 Å². The number of rotatable bonds is 5. The van der Waals surface area contributed by atoms with Crippen LogP contribution >= 0.6 is 0 Å². The van der Waals surface area contributed by atoms with Crippen LogP contribution in [-0.2, 0) is 0 Å². The van der Waals surface area contributed by atoms with Crippen molar-refractivity contribution in [2.75, 3.05) is 11.9 Å². The van der Waals surface area contributed by atoms with Crippen molar-refractivity contribution in [1.29, 1.82) is 0 Å². The summed E-state index contributed by atoms with van der Waals surface area (Å²) >= 11 is 0. The van der Waals surface area contributed by atoms with Gasteiger partial charge in [-0.25, -0.2) is 4.79 Å². The molecule has 2 amide bonds. The molecule has 0 saturated heterocycles. The second-order valence-corrected chi connectivity index (χ2v) is 5.80. The minimum Gasteiger partial charge on any atom is -0.337 e. The SMILES string of the molecule is Cc1ccc(C(=O)CCNC(=O)Nc2cc(C)cc(C)c2)cc1. The van der Waals surface area contributed by atoms with Crippen molar-refractivity contribution < 1.29 is 9.59 Å². The lowest BCUT2D eigenvalue weighted by Gasteiger charge is -2.09. The second-order valence-electron chi connectivity index (χ2n) is 5.80. The lowest BCUT2D eigenvalue weighted by molar-refractivity contribution is 0.0984. The van der Waals surface area contributed by atoms with Gasteiger partial charge in [-0.05, 0) is 44.0 Å². The molecule has 2 aromatic rings. The van der Waals surface area contributed by atoms with Gasteiger partial charge in [-0.15, -0.1) is 0 Å². The molecule has 2 aromatic carbocycles. The minimum atomic E-state index is -0.299. The molecule has 4 heteroatoms. The maximum atomic E-state index is 12.0. The van der Waals surface area contributed by atoms with Crippen LogP contribution in [0.1, 0.15) is 33.5 Å². The lowest BCUT2D eigenvalue weighted by Crippen LogP contribution is -2.30. The van der Waals surface area contributed by atoms with Gasteiger partial charge in [0.05, 0.1) is 0 Å².